The molecule has 1 fully saturated rings. The van der Waals surface area contributed by atoms with Gasteiger partial charge in [0, 0.05) is 68.4 Å². The summed E-state index contributed by atoms with van der Waals surface area (Å²) in [7, 11) is 1.66. The van der Waals surface area contributed by atoms with E-state index in [1.807, 2.05) is 76.7 Å². The molecule has 0 aromatic heterocycles. The van der Waals surface area contributed by atoms with E-state index in [1.54, 1.807) is 18.9 Å². The first-order chi connectivity index (χ1) is 18.2. The number of methoxy groups -OCH3 is 1. The van der Waals surface area contributed by atoms with Gasteiger partial charge in [0.1, 0.15) is 5.75 Å². The summed E-state index contributed by atoms with van der Waals surface area (Å²) in [4.78, 5) is 33.2. The largest absolute Gasteiger partial charge is 0.496 e. The van der Waals surface area contributed by atoms with Crippen LogP contribution in [0, 0.1) is 5.41 Å². The molecule has 0 atom stereocenters. The minimum absolute atomic E-state index is 0.0648. The Morgan fingerprint density at radius 2 is 1.74 bits per heavy atom. The van der Waals surface area contributed by atoms with E-state index in [4.69, 9.17) is 4.74 Å². The zero-order valence-electron chi connectivity index (χ0n) is 23.4. The first-order valence-corrected chi connectivity index (χ1v) is 14.4. The number of carbonyl (C=O) groups is 2. The van der Waals surface area contributed by atoms with E-state index in [0.717, 1.165) is 36.6 Å². The molecule has 0 unspecified atom stereocenters. The number of nitrogens with zero attached hydrogens (tertiary/aromatic N) is 3. The summed E-state index contributed by atoms with van der Waals surface area (Å²) >= 11 is 1.68. The first kappa shape index (κ1) is 29.6. The van der Waals surface area contributed by atoms with Crippen molar-refractivity contribution in [2.75, 3.05) is 64.5 Å². The number of benzene rings is 2. The Labute approximate surface area is 232 Å². The van der Waals surface area contributed by atoms with Gasteiger partial charge in [0.15, 0.2) is 0 Å². The van der Waals surface area contributed by atoms with Gasteiger partial charge in [0.2, 0.25) is 5.91 Å². The van der Waals surface area contributed by atoms with Gasteiger partial charge in [-0.3, -0.25) is 9.69 Å². The van der Waals surface area contributed by atoms with E-state index in [1.165, 1.54) is 4.90 Å². The Bertz CT molecular complexity index is 1070. The molecule has 7 nitrogen and oxygen atoms in total. The van der Waals surface area contributed by atoms with Crippen molar-refractivity contribution in [3.8, 4) is 5.75 Å². The van der Waals surface area contributed by atoms with Gasteiger partial charge in [-0.05, 0) is 42.0 Å². The number of amides is 3. The molecule has 1 saturated heterocycles. The van der Waals surface area contributed by atoms with E-state index >= 15 is 0 Å². The van der Waals surface area contributed by atoms with Gasteiger partial charge in [0.05, 0.1) is 7.11 Å². The maximum atomic E-state index is 13.1. The molecule has 1 N–H and O–H groups in total. The van der Waals surface area contributed by atoms with Crippen molar-refractivity contribution >= 4 is 35.5 Å². The lowest BCUT2D eigenvalue weighted by atomic mass is 9.91. The van der Waals surface area contributed by atoms with E-state index in [2.05, 4.69) is 31.0 Å². The fourth-order valence-corrected chi connectivity index (χ4v) is 4.72. The summed E-state index contributed by atoms with van der Waals surface area (Å²) < 4.78 is 5.44. The van der Waals surface area contributed by atoms with Crippen LogP contribution in [0.1, 0.15) is 32.8 Å². The number of nitrogens with one attached hydrogen (secondary N) is 1. The van der Waals surface area contributed by atoms with Crippen molar-refractivity contribution in [1.82, 2.24) is 14.7 Å². The highest BCUT2D eigenvalue weighted by molar-refractivity contribution is 7.98. The number of para-hydroxylation sites is 1. The quantitative estimate of drug-likeness (QED) is 0.402. The molecular formula is C30H42N4O3S. The number of hydrogen-bond donors (Lipinski definition) is 1. The SMILES string of the molecule is COc1ccccc1/C=C/CN(CCN1CCN(C(=O)Nc2ccc(SC)cc2)CC1)C(=O)CC(C)(C)C. The van der Waals surface area contributed by atoms with Crippen molar-refractivity contribution in [3.05, 3.63) is 60.2 Å². The molecule has 2 aromatic carbocycles. The Hall–Kier alpha value is -2.97. The van der Waals surface area contributed by atoms with Crippen LogP contribution < -0.4 is 10.1 Å². The minimum atomic E-state index is -0.0730. The maximum Gasteiger partial charge on any atom is 0.321 e. The molecule has 0 radical (unpaired) electrons. The van der Waals surface area contributed by atoms with Crippen LogP contribution in [-0.2, 0) is 4.79 Å². The van der Waals surface area contributed by atoms with Crippen LogP contribution in [0.4, 0.5) is 10.5 Å². The van der Waals surface area contributed by atoms with Crippen LogP contribution in [0.2, 0.25) is 0 Å². The van der Waals surface area contributed by atoms with Crippen molar-refractivity contribution < 1.29 is 14.3 Å². The predicted octanol–water partition coefficient (Wildman–Crippen LogP) is 5.54. The number of piperazine rings is 1. The second-order valence-corrected chi connectivity index (χ2v) is 11.6. The number of rotatable bonds is 10. The summed E-state index contributed by atoms with van der Waals surface area (Å²) in [6.45, 7) is 11.2. The van der Waals surface area contributed by atoms with Crippen LogP contribution in [0.5, 0.6) is 5.75 Å². The molecule has 0 spiro atoms. The van der Waals surface area contributed by atoms with Gasteiger partial charge in [-0.1, -0.05) is 51.1 Å². The molecule has 0 bridgehead atoms. The number of hydrogen-bond acceptors (Lipinski definition) is 5. The van der Waals surface area contributed by atoms with E-state index in [9.17, 15) is 9.59 Å². The van der Waals surface area contributed by atoms with E-state index in [-0.39, 0.29) is 17.4 Å². The number of urea groups is 1. The molecule has 1 heterocycles. The molecule has 3 amide bonds. The number of anilines is 1. The van der Waals surface area contributed by atoms with Crippen molar-refractivity contribution in [2.45, 2.75) is 32.1 Å². The summed E-state index contributed by atoms with van der Waals surface area (Å²) in [5.74, 6) is 0.975. The minimum Gasteiger partial charge on any atom is -0.496 e. The molecule has 1 aliphatic heterocycles. The smallest absolute Gasteiger partial charge is 0.321 e. The Kier molecular flexibility index (Phi) is 11.1. The van der Waals surface area contributed by atoms with Crippen LogP contribution >= 0.6 is 11.8 Å². The average Bonchev–Trinajstić information content (AvgIpc) is 2.90. The second kappa shape index (κ2) is 14.3. The zero-order chi connectivity index (χ0) is 27.5. The highest BCUT2D eigenvalue weighted by Gasteiger charge is 2.24. The van der Waals surface area contributed by atoms with Crippen LogP contribution in [0.15, 0.2) is 59.5 Å². The molecule has 0 aliphatic carbocycles. The third kappa shape index (κ3) is 9.40. The van der Waals surface area contributed by atoms with E-state index in [0.29, 0.717) is 32.6 Å². The standard InChI is InChI=1S/C30H42N4O3S/c1-30(2,3)23-28(35)33(16-8-10-24-9-6-7-11-27(24)37-4)20-17-32-18-21-34(22-19-32)29(36)31-25-12-14-26(38-5)15-13-25/h6-15H,16-23H2,1-5H3,(H,31,36)/b10-8+. The average molecular weight is 539 g/mol. The highest BCUT2D eigenvalue weighted by atomic mass is 32.2. The Balaban J connectivity index is 1.52. The monoisotopic (exact) mass is 538 g/mol. The summed E-state index contributed by atoms with van der Waals surface area (Å²) in [5, 5.41) is 3.00. The van der Waals surface area contributed by atoms with Gasteiger partial charge in [-0.2, -0.15) is 0 Å². The molecule has 38 heavy (non-hydrogen) atoms. The maximum absolute atomic E-state index is 13.1. The lowest BCUT2D eigenvalue weighted by Crippen LogP contribution is -2.51. The summed E-state index contributed by atoms with van der Waals surface area (Å²) in [6, 6.07) is 15.7. The Morgan fingerprint density at radius 1 is 1.05 bits per heavy atom. The zero-order valence-corrected chi connectivity index (χ0v) is 24.2. The normalized spacial score (nSPS) is 14.5. The lowest BCUT2D eigenvalue weighted by Gasteiger charge is -2.36. The van der Waals surface area contributed by atoms with Gasteiger partial charge < -0.3 is 19.9 Å². The predicted molar refractivity (Wildman–Crippen MR) is 158 cm³/mol. The molecule has 8 heteroatoms. The van der Waals surface area contributed by atoms with Crippen molar-refractivity contribution in [1.29, 1.82) is 0 Å². The summed E-state index contributed by atoms with van der Waals surface area (Å²) in [5.41, 5.74) is 1.73. The van der Waals surface area contributed by atoms with Crippen LogP contribution in [-0.4, -0.2) is 85.8 Å². The molecule has 0 saturated carbocycles. The fraction of sp³-hybridized carbons (Fsp3) is 0.467. The van der Waals surface area contributed by atoms with Gasteiger partial charge in [-0.25, -0.2) is 4.79 Å². The molecule has 2 aromatic rings. The number of thioether (sulfide) groups is 1. The van der Waals surface area contributed by atoms with Gasteiger partial charge >= 0.3 is 6.03 Å². The van der Waals surface area contributed by atoms with Crippen molar-refractivity contribution in [2.24, 2.45) is 5.41 Å². The molecule has 1 aliphatic rings. The molecular weight excluding hydrogens is 496 g/mol. The van der Waals surface area contributed by atoms with Crippen molar-refractivity contribution in [3.63, 3.8) is 0 Å². The third-order valence-electron chi connectivity index (χ3n) is 6.48. The fourth-order valence-electron chi connectivity index (χ4n) is 4.31. The van der Waals surface area contributed by atoms with Gasteiger partial charge in [0.25, 0.3) is 0 Å². The first-order valence-electron chi connectivity index (χ1n) is 13.2. The van der Waals surface area contributed by atoms with Gasteiger partial charge in [-0.15, -0.1) is 11.8 Å². The van der Waals surface area contributed by atoms with Crippen LogP contribution in [0.25, 0.3) is 6.08 Å². The number of ether oxygens (including phenoxy) is 1. The molecule has 206 valence electrons. The highest BCUT2D eigenvalue weighted by Crippen LogP contribution is 2.21. The topological polar surface area (TPSA) is 65.1 Å². The Morgan fingerprint density at radius 3 is 2.37 bits per heavy atom. The lowest BCUT2D eigenvalue weighted by molar-refractivity contribution is -0.132. The third-order valence-corrected chi connectivity index (χ3v) is 7.23. The molecule has 3 rings (SSSR count). The second-order valence-electron chi connectivity index (χ2n) is 10.7. The van der Waals surface area contributed by atoms with E-state index < -0.39 is 0 Å². The summed E-state index contributed by atoms with van der Waals surface area (Å²) in [6.07, 6.45) is 6.58. The number of carbonyl (C=O) groups excluding carboxylic acids is 2. The van der Waals surface area contributed by atoms with Crippen LogP contribution in [0.3, 0.4) is 0 Å².